The minimum absolute atomic E-state index is 0.0381. The molecule has 0 fully saturated rings. The summed E-state index contributed by atoms with van der Waals surface area (Å²) in [6.07, 6.45) is 0.458. The van der Waals surface area contributed by atoms with E-state index in [0.29, 0.717) is 11.3 Å². The molecule has 0 unspecified atom stereocenters. The molecule has 0 heterocycles. The number of ether oxygens (including phenoxy) is 2. The van der Waals surface area contributed by atoms with E-state index >= 15 is 0 Å². The minimum Gasteiger partial charge on any atom is -0.462 e. The van der Waals surface area contributed by atoms with Crippen LogP contribution in [0.1, 0.15) is 24.2 Å². The summed E-state index contributed by atoms with van der Waals surface area (Å²) in [6.45, 7) is 4.00. The van der Waals surface area contributed by atoms with Crippen molar-refractivity contribution >= 4 is 27.8 Å². The van der Waals surface area contributed by atoms with Gasteiger partial charge in [0.05, 0.1) is 37.3 Å². The first-order valence-electron chi connectivity index (χ1n) is 7.45. The highest BCUT2D eigenvalue weighted by atomic mass is 32.2. The summed E-state index contributed by atoms with van der Waals surface area (Å²) in [4.78, 5) is 22.9. The Balaban J connectivity index is 2.82. The lowest BCUT2D eigenvalue weighted by molar-refractivity contribution is 0.0526. The zero-order valence-electron chi connectivity index (χ0n) is 13.9. The Labute approximate surface area is 141 Å². The summed E-state index contributed by atoms with van der Waals surface area (Å²) in [7, 11) is -3.55. The van der Waals surface area contributed by atoms with E-state index in [0.717, 1.165) is 10.6 Å². The van der Waals surface area contributed by atoms with Crippen LogP contribution < -0.4 is 9.62 Å². The van der Waals surface area contributed by atoms with Gasteiger partial charge in [0.25, 0.3) is 0 Å². The van der Waals surface area contributed by atoms with E-state index in [1.165, 1.54) is 24.3 Å². The average molecular weight is 358 g/mol. The maximum Gasteiger partial charge on any atom is 0.407 e. The molecule has 0 saturated heterocycles. The number of benzene rings is 1. The molecule has 1 rings (SSSR count). The summed E-state index contributed by atoms with van der Waals surface area (Å²) < 4.78 is 34.6. The van der Waals surface area contributed by atoms with Gasteiger partial charge in [-0.25, -0.2) is 18.0 Å². The van der Waals surface area contributed by atoms with E-state index in [-0.39, 0.29) is 26.3 Å². The van der Waals surface area contributed by atoms with E-state index in [4.69, 9.17) is 9.47 Å². The number of sulfonamides is 1. The third-order valence-corrected chi connectivity index (χ3v) is 4.12. The Hall–Kier alpha value is -2.29. The zero-order valence-corrected chi connectivity index (χ0v) is 14.8. The fourth-order valence-electron chi connectivity index (χ4n) is 1.91. The highest BCUT2D eigenvalue weighted by molar-refractivity contribution is 7.92. The topological polar surface area (TPSA) is 102 Å². The van der Waals surface area contributed by atoms with E-state index in [1.54, 1.807) is 13.8 Å². The average Bonchev–Trinajstić information content (AvgIpc) is 2.51. The van der Waals surface area contributed by atoms with E-state index in [2.05, 4.69) is 5.32 Å². The molecule has 8 nitrogen and oxygen atoms in total. The molecule has 0 aliphatic heterocycles. The SMILES string of the molecule is CCOC(=O)NCCN(c1ccc(C(=O)OCC)cc1)S(C)(=O)=O. The highest BCUT2D eigenvalue weighted by Gasteiger charge is 2.18. The van der Waals surface area contributed by atoms with Crippen LogP contribution in [0.2, 0.25) is 0 Å². The van der Waals surface area contributed by atoms with Crippen molar-refractivity contribution in [1.29, 1.82) is 0 Å². The van der Waals surface area contributed by atoms with Crippen LogP contribution in [-0.4, -0.2) is 53.0 Å². The fourth-order valence-corrected chi connectivity index (χ4v) is 2.83. The predicted octanol–water partition coefficient (Wildman–Crippen LogP) is 1.38. The molecule has 0 aromatic heterocycles. The second kappa shape index (κ2) is 9.11. The van der Waals surface area contributed by atoms with Crippen LogP contribution in [0.25, 0.3) is 0 Å². The van der Waals surface area contributed by atoms with Crippen molar-refractivity contribution in [3.8, 4) is 0 Å². The van der Waals surface area contributed by atoms with Gasteiger partial charge >= 0.3 is 12.1 Å². The smallest absolute Gasteiger partial charge is 0.407 e. The van der Waals surface area contributed by atoms with Crippen LogP contribution in [0.15, 0.2) is 24.3 Å². The number of carbonyl (C=O) groups excluding carboxylic acids is 2. The van der Waals surface area contributed by atoms with Crippen LogP contribution in [0.5, 0.6) is 0 Å². The summed E-state index contributed by atoms with van der Waals surface area (Å²) in [5.74, 6) is -0.473. The van der Waals surface area contributed by atoms with Gasteiger partial charge in [0.2, 0.25) is 10.0 Å². The fraction of sp³-hybridized carbons (Fsp3) is 0.467. The minimum atomic E-state index is -3.55. The van der Waals surface area contributed by atoms with E-state index in [1.807, 2.05) is 0 Å². The highest BCUT2D eigenvalue weighted by Crippen LogP contribution is 2.18. The monoisotopic (exact) mass is 358 g/mol. The van der Waals surface area contributed by atoms with E-state index < -0.39 is 22.1 Å². The molecule has 9 heteroatoms. The number of nitrogens with one attached hydrogen (secondary N) is 1. The Morgan fingerprint density at radius 1 is 1.08 bits per heavy atom. The number of rotatable bonds is 8. The Morgan fingerprint density at radius 2 is 1.67 bits per heavy atom. The van der Waals surface area contributed by atoms with Gasteiger partial charge in [0, 0.05) is 6.54 Å². The van der Waals surface area contributed by atoms with Gasteiger partial charge in [-0.1, -0.05) is 0 Å². The molecule has 0 atom stereocenters. The molecule has 1 aromatic carbocycles. The second-order valence-corrected chi connectivity index (χ2v) is 6.66. The number of nitrogens with zero attached hydrogens (tertiary/aromatic N) is 1. The molecule has 1 amide bonds. The molecule has 24 heavy (non-hydrogen) atoms. The molecule has 0 radical (unpaired) electrons. The van der Waals surface area contributed by atoms with Crippen LogP contribution in [0.4, 0.5) is 10.5 Å². The zero-order chi connectivity index (χ0) is 18.2. The van der Waals surface area contributed by atoms with Gasteiger partial charge in [-0.2, -0.15) is 0 Å². The molecule has 0 aliphatic carbocycles. The summed E-state index contributed by atoms with van der Waals surface area (Å²) in [6, 6.07) is 6.00. The van der Waals surface area contributed by atoms with Crippen LogP contribution in [-0.2, 0) is 19.5 Å². The lowest BCUT2D eigenvalue weighted by atomic mass is 10.2. The molecule has 0 bridgehead atoms. The van der Waals surface area contributed by atoms with Gasteiger partial charge in [0.1, 0.15) is 0 Å². The third-order valence-electron chi connectivity index (χ3n) is 2.93. The quantitative estimate of drug-likeness (QED) is 0.704. The number of hydrogen-bond acceptors (Lipinski definition) is 6. The van der Waals surface area contributed by atoms with Crippen molar-refractivity contribution in [3.05, 3.63) is 29.8 Å². The molecular formula is C15H22N2O6S. The number of esters is 1. The predicted molar refractivity (Wildman–Crippen MR) is 89.6 cm³/mol. The van der Waals surface area contributed by atoms with Crippen molar-refractivity contribution < 1.29 is 27.5 Å². The van der Waals surface area contributed by atoms with Crippen molar-refractivity contribution in [2.24, 2.45) is 0 Å². The number of amides is 1. The van der Waals surface area contributed by atoms with Crippen molar-refractivity contribution in [2.75, 3.05) is 36.9 Å². The first kappa shape index (κ1) is 19.8. The van der Waals surface area contributed by atoms with Crippen LogP contribution in [0.3, 0.4) is 0 Å². The van der Waals surface area contributed by atoms with Gasteiger partial charge in [0.15, 0.2) is 0 Å². The number of hydrogen-bond donors (Lipinski definition) is 1. The first-order chi connectivity index (χ1) is 11.3. The second-order valence-electron chi connectivity index (χ2n) is 4.75. The molecule has 1 aromatic rings. The molecule has 134 valence electrons. The normalized spacial score (nSPS) is 10.8. The summed E-state index contributed by atoms with van der Waals surface area (Å²) in [5.41, 5.74) is 0.718. The number of alkyl carbamates (subject to hydrolysis) is 1. The number of anilines is 1. The lowest BCUT2D eigenvalue weighted by Crippen LogP contribution is -2.38. The Bertz CT molecular complexity index is 657. The molecule has 0 aliphatic rings. The summed E-state index contributed by atoms with van der Waals surface area (Å²) in [5, 5.41) is 2.46. The van der Waals surface area contributed by atoms with Crippen molar-refractivity contribution in [3.63, 3.8) is 0 Å². The Kier molecular flexibility index (Phi) is 7.50. The van der Waals surface area contributed by atoms with Crippen molar-refractivity contribution in [2.45, 2.75) is 13.8 Å². The number of carbonyl (C=O) groups is 2. The third kappa shape index (κ3) is 6.07. The van der Waals surface area contributed by atoms with Gasteiger partial charge in [-0.05, 0) is 38.1 Å². The Morgan fingerprint density at radius 3 is 2.17 bits per heavy atom. The maximum absolute atomic E-state index is 11.9. The van der Waals surface area contributed by atoms with E-state index in [9.17, 15) is 18.0 Å². The molecule has 0 spiro atoms. The van der Waals surface area contributed by atoms with Gasteiger partial charge in [-0.3, -0.25) is 4.31 Å². The van der Waals surface area contributed by atoms with Gasteiger partial charge < -0.3 is 14.8 Å². The maximum atomic E-state index is 11.9. The standard InChI is InChI=1S/C15H22N2O6S/c1-4-22-14(18)12-6-8-13(9-7-12)17(24(3,20)21)11-10-16-15(19)23-5-2/h6-9H,4-5,10-11H2,1-3H3,(H,16,19). The van der Waals surface area contributed by atoms with Crippen molar-refractivity contribution in [1.82, 2.24) is 5.32 Å². The largest absolute Gasteiger partial charge is 0.462 e. The molecular weight excluding hydrogens is 336 g/mol. The lowest BCUT2D eigenvalue weighted by Gasteiger charge is -2.22. The first-order valence-corrected chi connectivity index (χ1v) is 9.30. The summed E-state index contributed by atoms with van der Waals surface area (Å²) >= 11 is 0. The molecule has 1 N–H and O–H groups in total. The molecule has 0 saturated carbocycles. The van der Waals surface area contributed by atoms with Gasteiger partial charge in [-0.15, -0.1) is 0 Å². The van der Waals surface area contributed by atoms with Crippen LogP contribution >= 0.6 is 0 Å². The van der Waals surface area contributed by atoms with Crippen LogP contribution in [0, 0.1) is 0 Å².